The molecule has 0 amide bonds. The largest absolute Gasteiger partial charge is 0.508 e. The minimum atomic E-state index is -2.27. The van der Waals surface area contributed by atoms with Crippen LogP contribution in [-0.4, -0.2) is 110 Å². The third-order valence-electron chi connectivity index (χ3n) is 6.00. The SMILES string of the molecule is CCOC(=O)c1c(C)n(C)c2ccc(O)c(CN3CCN(C)CC3)c12.O=C(O)C(O)C(O)C(=O)O. The molecule has 2 atom stereocenters. The van der Waals surface area contributed by atoms with Crippen molar-refractivity contribution in [3.63, 3.8) is 0 Å². The van der Waals surface area contributed by atoms with Crippen molar-refractivity contribution in [2.45, 2.75) is 32.6 Å². The number of esters is 1. The fourth-order valence-corrected chi connectivity index (χ4v) is 3.82. The number of fused-ring (bicyclic) bond motifs is 1. The van der Waals surface area contributed by atoms with Crippen molar-refractivity contribution in [2.24, 2.45) is 7.05 Å². The zero-order valence-corrected chi connectivity index (χ0v) is 20.3. The van der Waals surface area contributed by atoms with Crippen molar-refractivity contribution in [3.05, 3.63) is 29.0 Å². The molecule has 1 aliphatic heterocycles. The molecule has 2 unspecified atom stereocenters. The Balaban J connectivity index is 0.000000367. The minimum absolute atomic E-state index is 0.238. The van der Waals surface area contributed by atoms with Crippen LogP contribution in [0.25, 0.3) is 10.9 Å². The molecule has 1 saturated heterocycles. The number of carboxylic acid groups (broad SMARTS) is 2. The average molecular weight is 496 g/mol. The van der Waals surface area contributed by atoms with E-state index >= 15 is 0 Å². The molecule has 5 N–H and O–H groups in total. The first-order valence-corrected chi connectivity index (χ1v) is 11.1. The molecule has 0 radical (unpaired) electrons. The summed E-state index contributed by atoms with van der Waals surface area (Å²) in [6.45, 7) is 8.61. The number of aromatic hydroxyl groups is 1. The number of aliphatic carboxylic acids is 2. The third-order valence-corrected chi connectivity index (χ3v) is 6.00. The number of benzene rings is 1. The zero-order chi connectivity index (χ0) is 26.4. The normalized spacial score (nSPS) is 16.3. The maximum Gasteiger partial charge on any atom is 0.340 e. The maximum atomic E-state index is 12.6. The Bertz CT molecular complexity index is 1060. The predicted molar refractivity (Wildman–Crippen MR) is 125 cm³/mol. The van der Waals surface area contributed by atoms with Crippen LogP contribution in [0.3, 0.4) is 0 Å². The fraction of sp³-hybridized carbons (Fsp3) is 0.522. The van der Waals surface area contributed by atoms with Gasteiger partial charge in [0.1, 0.15) is 5.75 Å². The summed E-state index contributed by atoms with van der Waals surface area (Å²) in [7, 11) is 4.06. The van der Waals surface area contributed by atoms with Crippen molar-refractivity contribution < 1.29 is 44.7 Å². The average Bonchev–Trinajstić information content (AvgIpc) is 3.06. The van der Waals surface area contributed by atoms with E-state index in [-0.39, 0.29) is 11.7 Å². The van der Waals surface area contributed by atoms with Crippen molar-refractivity contribution in [1.82, 2.24) is 14.4 Å². The second kappa shape index (κ2) is 12.0. The molecule has 1 aliphatic rings. The molecule has 0 aliphatic carbocycles. The van der Waals surface area contributed by atoms with Crippen LogP contribution in [-0.2, 0) is 27.9 Å². The van der Waals surface area contributed by atoms with Gasteiger partial charge in [-0.25, -0.2) is 14.4 Å². The molecular formula is C23H33N3O9. The highest BCUT2D eigenvalue weighted by Crippen LogP contribution is 2.34. The molecule has 0 spiro atoms. The number of aliphatic hydroxyl groups is 2. The van der Waals surface area contributed by atoms with E-state index in [1.807, 2.05) is 24.6 Å². The summed E-state index contributed by atoms with van der Waals surface area (Å²) >= 11 is 0. The third kappa shape index (κ3) is 6.48. The number of likely N-dealkylation sites (N-methyl/N-ethyl adjacent to an activating group) is 1. The number of rotatable bonds is 7. The molecule has 35 heavy (non-hydrogen) atoms. The summed E-state index contributed by atoms with van der Waals surface area (Å²) in [6.07, 6.45) is -4.53. The molecule has 0 bridgehead atoms. The number of aryl methyl sites for hydroxylation is 1. The van der Waals surface area contributed by atoms with Crippen LogP contribution in [0, 0.1) is 6.92 Å². The summed E-state index contributed by atoms with van der Waals surface area (Å²) in [5.41, 5.74) is 3.19. The Kier molecular flexibility index (Phi) is 9.60. The summed E-state index contributed by atoms with van der Waals surface area (Å²) in [5, 5.41) is 43.9. The van der Waals surface area contributed by atoms with Crippen molar-refractivity contribution in [3.8, 4) is 5.75 Å². The fourth-order valence-electron chi connectivity index (χ4n) is 3.82. The van der Waals surface area contributed by atoms with Gasteiger partial charge in [-0.1, -0.05) is 0 Å². The number of piperazine rings is 1. The lowest BCUT2D eigenvalue weighted by Crippen LogP contribution is -2.43. The molecule has 12 nitrogen and oxygen atoms in total. The smallest absolute Gasteiger partial charge is 0.340 e. The lowest BCUT2D eigenvalue weighted by atomic mass is 10.0. The molecule has 12 heteroatoms. The van der Waals surface area contributed by atoms with Crippen LogP contribution < -0.4 is 0 Å². The number of hydrogen-bond acceptors (Lipinski definition) is 9. The molecule has 194 valence electrons. The highest BCUT2D eigenvalue weighted by atomic mass is 16.5. The standard InChI is InChI=1S/C19H27N3O3.C4H6O6/c1-5-25-19(24)17-13(2)21(4)15-6-7-16(23)14(18(15)17)12-22-10-8-20(3)9-11-22;5-1(3(7)8)2(6)4(9)10/h6-7,23H,5,8-12H2,1-4H3;1-2,5-6H,(H,7,8)(H,9,10). The van der Waals surface area contributed by atoms with Crippen LogP contribution in [0.15, 0.2) is 12.1 Å². The monoisotopic (exact) mass is 495 g/mol. The Morgan fingerprint density at radius 2 is 1.54 bits per heavy atom. The zero-order valence-electron chi connectivity index (χ0n) is 20.3. The number of carboxylic acids is 2. The second-order valence-corrected chi connectivity index (χ2v) is 8.34. The van der Waals surface area contributed by atoms with E-state index in [2.05, 4.69) is 16.8 Å². The van der Waals surface area contributed by atoms with Gasteiger partial charge in [0.15, 0.2) is 12.2 Å². The Labute approximate surface area is 202 Å². The number of carbonyl (C=O) groups is 3. The molecule has 1 fully saturated rings. The Morgan fingerprint density at radius 3 is 2.03 bits per heavy atom. The van der Waals surface area contributed by atoms with Gasteiger partial charge in [0.25, 0.3) is 0 Å². The van der Waals surface area contributed by atoms with E-state index in [9.17, 15) is 19.5 Å². The number of aliphatic hydroxyl groups excluding tert-OH is 2. The highest BCUT2D eigenvalue weighted by molar-refractivity contribution is 6.07. The van der Waals surface area contributed by atoms with E-state index in [1.165, 1.54) is 0 Å². The summed E-state index contributed by atoms with van der Waals surface area (Å²) in [4.78, 5) is 36.7. The molecular weight excluding hydrogens is 462 g/mol. The summed E-state index contributed by atoms with van der Waals surface area (Å²) < 4.78 is 7.27. The number of phenolic OH excluding ortho intramolecular Hbond substituents is 1. The lowest BCUT2D eigenvalue weighted by Gasteiger charge is -2.32. The number of phenols is 1. The van der Waals surface area contributed by atoms with Gasteiger partial charge in [-0.05, 0) is 33.0 Å². The van der Waals surface area contributed by atoms with Gasteiger partial charge in [-0.15, -0.1) is 0 Å². The van der Waals surface area contributed by atoms with Gasteiger partial charge in [0, 0.05) is 61.9 Å². The van der Waals surface area contributed by atoms with Crippen molar-refractivity contribution >= 4 is 28.8 Å². The number of carbonyl (C=O) groups excluding carboxylic acids is 1. The van der Waals surface area contributed by atoms with E-state index < -0.39 is 24.1 Å². The van der Waals surface area contributed by atoms with Crippen LogP contribution in [0.5, 0.6) is 5.75 Å². The molecule has 1 aromatic carbocycles. The highest BCUT2D eigenvalue weighted by Gasteiger charge is 2.29. The van der Waals surface area contributed by atoms with Crippen molar-refractivity contribution in [2.75, 3.05) is 39.8 Å². The number of nitrogens with zero attached hydrogens (tertiary/aromatic N) is 3. The first-order chi connectivity index (χ1) is 16.4. The van der Waals surface area contributed by atoms with E-state index in [4.69, 9.17) is 25.2 Å². The second-order valence-electron chi connectivity index (χ2n) is 8.34. The topological polar surface area (TPSA) is 173 Å². The predicted octanol–water partition coefficient (Wildman–Crippen LogP) is -0.00618. The molecule has 3 rings (SSSR count). The van der Waals surface area contributed by atoms with Gasteiger partial charge in [-0.3, -0.25) is 4.90 Å². The molecule has 2 heterocycles. The van der Waals surface area contributed by atoms with Gasteiger partial charge in [0.05, 0.1) is 12.2 Å². The minimum Gasteiger partial charge on any atom is -0.508 e. The van der Waals surface area contributed by atoms with E-state index in [1.54, 1.807) is 13.0 Å². The molecule has 1 aromatic heterocycles. The van der Waals surface area contributed by atoms with Crippen LogP contribution in [0.1, 0.15) is 28.5 Å². The number of ether oxygens (including phenoxy) is 1. The van der Waals surface area contributed by atoms with Crippen molar-refractivity contribution in [1.29, 1.82) is 0 Å². The van der Waals surface area contributed by atoms with Crippen LogP contribution in [0.2, 0.25) is 0 Å². The number of aromatic nitrogens is 1. The quantitative estimate of drug-likeness (QED) is 0.327. The van der Waals surface area contributed by atoms with Gasteiger partial charge in [-0.2, -0.15) is 0 Å². The summed E-state index contributed by atoms with van der Waals surface area (Å²) in [6, 6.07) is 3.59. The summed E-state index contributed by atoms with van der Waals surface area (Å²) in [5.74, 6) is -3.62. The first-order valence-electron chi connectivity index (χ1n) is 11.1. The first kappa shape index (κ1) is 28.1. The molecule has 0 saturated carbocycles. The van der Waals surface area contributed by atoms with Gasteiger partial charge < -0.3 is 39.7 Å². The van der Waals surface area contributed by atoms with Crippen LogP contribution >= 0.6 is 0 Å². The Hall–Kier alpha value is -3.19. The van der Waals surface area contributed by atoms with Gasteiger partial charge >= 0.3 is 17.9 Å². The Morgan fingerprint density at radius 1 is 1.00 bits per heavy atom. The van der Waals surface area contributed by atoms with E-state index in [0.717, 1.165) is 48.3 Å². The van der Waals surface area contributed by atoms with E-state index in [0.29, 0.717) is 18.7 Å². The van der Waals surface area contributed by atoms with Gasteiger partial charge in [0.2, 0.25) is 0 Å². The maximum absolute atomic E-state index is 12.6. The molecule has 2 aromatic rings. The van der Waals surface area contributed by atoms with Crippen LogP contribution in [0.4, 0.5) is 0 Å². The lowest BCUT2D eigenvalue weighted by molar-refractivity contribution is -0.165. The number of hydrogen-bond donors (Lipinski definition) is 5.